The fourth-order valence-corrected chi connectivity index (χ4v) is 10.9. The lowest BCUT2D eigenvalue weighted by molar-refractivity contribution is -0.123. The summed E-state index contributed by atoms with van der Waals surface area (Å²) in [6, 6.07) is -0.533. The highest BCUT2D eigenvalue weighted by molar-refractivity contribution is 5.76. The molecule has 0 aliphatic heterocycles. The van der Waals surface area contributed by atoms with E-state index >= 15 is 0 Å². The third-order valence-corrected chi connectivity index (χ3v) is 16.0. The maximum absolute atomic E-state index is 12.5. The third-order valence-electron chi connectivity index (χ3n) is 16.0. The molecule has 0 aromatic carbocycles. The van der Waals surface area contributed by atoms with E-state index in [2.05, 4.69) is 43.5 Å². The van der Waals surface area contributed by atoms with E-state index in [1.807, 2.05) is 0 Å². The summed E-state index contributed by atoms with van der Waals surface area (Å²) >= 11 is 0. The van der Waals surface area contributed by atoms with Crippen LogP contribution in [0.15, 0.2) is 24.3 Å². The number of aliphatic hydroxyl groups is 2. The van der Waals surface area contributed by atoms with Gasteiger partial charge in [-0.25, -0.2) is 0 Å². The molecule has 3 N–H and O–H groups in total. The molecule has 0 aliphatic carbocycles. The highest BCUT2D eigenvalue weighted by Gasteiger charge is 2.20. The molecule has 0 bridgehead atoms. The van der Waals surface area contributed by atoms with Gasteiger partial charge in [0.15, 0.2) is 0 Å². The first-order chi connectivity index (χ1) is 35.7. The van der Waals surface area contributed by atoms with Crippen molar-refractivity contribution in [3.8, 4) is 0 Å². The van der Waals surface area contributed by atoms with Crippen LogP contribution in [0.2, 0.25) is 0 Å². The average molecular weight is 1010 g/mol. The molecule has 0 saturated heterocycles. The van der Waals surface area contributed by atoms with E-state index in [-0.39, 0.29) is 12.5 Å². The fourth-order valence-electron chi connectivity index (χ4n) is 10.9. The number of carbonyl (C=O) groups excluding carboxylic acids is 1. The molecule has 72 heavy (non-hydrogen) atoms. The summed E-state index contributed by atoms with van der Waals surface area (Å²) in [7, 11) is 0. The smallest absolute Gasteiger partial charge is 0.220 e. The van der Waals surface area contributed by atoms with Crippen LogP contribution in [0.4, 0.5) is 0 Å². The molecule has 1 amide bonds. The Morgan fingerprint density at radius 2 is 0.569 bits per heavy atom. The van der Waals surface area contributed by atoms with Gasteiger partial charge in [0, 0.05) is 6.42 Å². The van der Waals surface area contributed by atoms with Gasteiger partial charge in [-0.05, 0) is 44.9 Å². The minimum atomic E-state index is -0.657. The van der Waals surface area contributed by atoms with Crippen LogP contribution in [0.1, 0.15) is 386 Å². The Kier molecular flexibility index (Phi) is 63.2. The SMILES string of the molecule is CCCCCCC/C=C\C/C=C\CCCCCCCCCCCCCCCCCCCCCCCCCCCCCCCC(=O)NC(CO)C(O)CCCCCCCCCCCCCCCCCCCCC. The van der Waals surface area contributed by atoms with Crippen molar-refractivity contribution in [2.24, 2.45) is 0 Å². The van der Waals surface area contributed by atoms with Crippen molar-refractivity contribution in [3.63, 3.8) is 0 Å². The number of hydrogen-bond donors (Lipinski definition) is 3. The predicted octanol–water partition coefficient (Wildman–Crippen LogP) is 22.6. The summed E-state index contributed by atoms with van der Waals surface area (Å²) in [5, 5.41) is 23.4. The number of allylic oxidation sites excluding steroid dienone is 4. The van der Waals surface area contributed by atoms with Crippen LogP contribution in [0.5, 0.6) is 0 Å². The lowest BCUT2D eigenvalue weighted by atomic mass is 10.0. The second kappa shape index (κ2) is 64.2. The van der Waals surface area contributed by atoms with E-state index in [1.165, 1.54) is 327 Å². The summed E-state index contributed by atoms with van der Waals surface area (Å²) in [6.07, 6.45) is 86.6. The van der Waals surface area contributed by atoms with Crippen LogP contribution in [0.25, 0.3) is 0 Å². The number of carbonyl (C=O) groups is 1. The number of rotatable bonds is 63. The zero-order chi connectivity index (χ0) is 52.0. The Bertz CT molecular complexity index is 1060. The molecule has 0 aromatic heterocycles. The van der Waals surface area contributed by atoms with Crippen LogP contribution in [0, 0.1) is 0 Å². The van der Waals surface area contributed by atoms with Crippen molar-refractivity contribution in [1.29, 1.82) is 0 Å². The Labute approximate surface area is 453 Å². The molecule has 2 atom stereocenters. The first-order valence-corrected chi connectivity index (χ1v) is 33.5. The van der Waals surface area contributed by atoms with Gasteiger partial charge in [-0.2, -0.15) is 0 Å². The highest BCUT2D eigenvalue weighted by Crippen LogP contribution is 2.19. The number of aliphatic hydroxyl groups excluding tert-OH is 2. The van der Waals surface area contributed by atoms with Crippen LogP contribution in [-0.2, 0) is 4.79 Å². The van der Waals surface area contributed by atoms with Crippen molar-refractivity contribution < 1.29 is 15.0 Å². The predicted molar refractivity (Wildman–Crippen MR) is 322 cm³/mol. The van der Waals surface area contributed by atoms with Crippen LogP contribution < -0.4 is 5.32 Å². The van der Waals surface area contributed by atoms with E-state index in [1.54, 1.807) is 0 Å². The molecule has 0 rings (SSSR count). The van der Waals surface area contributed by atoms with Gasteiger partial charge < -0.3 is 15.5 Å². The summed E-state index contributed by atoms with van der Waals surface area (Å²) in [4.78, 5) is 12.5. The zero-order valence-corrected chi connectivity index (χ0v) is 49.5. The lowest BCUT2D eigenvalue weighted by Gasteiger charge is -2.22. The fraction of sp³-hybridized carbons (Fsp3) is 0.926. The zero-order valence-electron chi connectivity index (χ0n) is 49.5. The average Bonchev–Trinajstić information content (AvgIpc) is 3.39. The second-order valence-electron chi connectivity index (χ2n) is 23.2. The van der Waals surface area contributed by atoms with Gasteiger partial charge in [0.2, 0.25) is 5.91 Å². The topological polar surface area (TPSA) is 69.6 Å². The minimum absolute atomic E-state index is 0.0220. The number of nitrogens with one attached hydrogen (secondary N) is 1. The van der Waals surface area contributed by atoms with Gasteiger partial charge >= 0.3 is 0 Å². The summed E-state index contributed by atoms with van der Waals surface area (Å²) in [5.41, 5.74) is 0. The van der Waals surface area contributed by atoms with Crippen LogP contribution in [0.3, 0.4) is 0 Å². The molecule has 0 spiro atoms. The summed E-state index contributed by atoms with van der Waals surface area (Å²) in [6.45, 7) is 4.39. The third kappa shape index (κ3) is 59.7. The van der Waals surface area contributed by atoms with Crippen LogP contribution >= 0.6 is 0 Å². The highest BCUT2D eigenvalue weighted by atomic mass is 16.3. The summed E-state index contributed by atoms with van der Waals surface area (Å²) < 4.78 is 0. The van der Waals surface area contributed by atoms with Gasteiger partial charge in [-0.1, -0.05) is 359 Å². The van der Waals surface area contributed by atoms with Crippen molar-refractivity contribution in [2.45, 2.75) is 398 Å². The number of unbranched alkanes of at least 4 members (excludes halogenated alkanes) is 52. The lowest BCUT2D eigenvalue weighted by Crippen LogP contribution is -2.45. The number of amides is 1. The van der Waals surface area contributed by atoms with Crippen molar-refractivity contribution in [3.05, 3.63) is 24.3 Å². The van der Waals surface area contributed by atoms with E-state index in [0.29, 0.717) is 12.8 Å². The molecule has 0 radical (unpaired) electrons. The molecule has 0 fully saturated rings. The molecule has 4 heteroatoms. The Morgan fingerprint density at radius 1 is 0.333 bits per heavy atom. The van der Waals surface area contributed by atoms with E-state index in [9.17, 15) is 15.0 Å². The molecule has 2 unspecified atom stereocenters. The normalized spacial score (nSPS) is 12.8. The molecular weight excluding hydrogens is 879 g/mol. The molecule has 0 aliphatic rings. The monoisotopic (exact) mass is 1010 g/mol. The van der Waals surface area contributed by atoms with Crippen molar-refractivity contribution in [2.75, 3.05) is 6.61 Å². The second-order valence-corrected chi connectivity index (χ2v) is 23.2. The minimum Gasteiger partial charge on any atom is -0.394 e. The maximum atomic E-state index is 12.5. The number of hydrogen-bond acceptors (Lipinski definition) is 3. The Morgan fingerprint density at radius 3 is 0.833 bits per heavy atom. The van der Waals surface area contributed by atoms with Gasteiger partial charge in [0.1, 0.15) is 0 Å². The van der Waals surface area contributed by atoms with Crippen molar-refractivity contribution >= 4 is 5.91 Å². The first-order valence-electron chi connectivity index (χ1n) is 33.5. The van der Waals surface area contributed by atoms with E-state index < -0.39 is 12.1 Å². The Hall–Kier alpha value is -1.13. The molecule has 0 heterocycles. The van der Waals surface area contributed by atoms with Crippen molar-refractivity contribution in [1.82, 2.24) is 5.32 Å². The Balaban J connectivity index is 3.34. The van der Waals surface area contributed by atoms with Gasteiger partial charge in [-0.15, -0.1) is 0 Å². The molecule has 0 aromatic rings. The quantitative estimate of drug-likeness (QED) is 0.0420. The van der Waals surface area contributed by atoms with Gasteiger partial charge in [0.05, 0.1) is 18.8 Å². The standard InChI is InChI=1S/C68H133NO3/c1-3-5-7-9-11-13-15-17-19-21-23-24-25-26-27-28-29-30-31-32-33-34-35-36-37-38-39-40-41-42-43-44-46-48-50-52-54-56-58-60-62-64-68(72)69-66(65-70)67(71)63-61-59-57-55-53-51-49-47-45-22-20-18-16-14-12-10-8-6-4-2/h15,17,21,23,66-67,70-71H,3-14,16,18-20,22,24-65H2,1-2H3,(H,69,72)/b17-15-,23-21-. The molecule has 4 nitrogen and oxygen atoms in total. The molecular formula is C68H133NO3. The molecule has 428 valence electrons. The van der Waals surface area contributed by atoms with Crippen LogP contribution in [-0.4, -0.2) is 34.9 Å². The van der Waals surface area contributed by atoms with E-state index in [4.69, 9.17) is 0 Å². The van der Waals surface area contributed by atoms with E-state index in [0.717, 1.165) is 32.1 Å². The first kappa shape index (κ1) is 70.9. The van der Waals surface area contributed by atoms with Gasteiger partial charge in [-0.3, -0.25) is 4.79 Å². The summed E-state index contributed by atoms with van der Waals surface area (Å²) in [5.74, 6) is -0.0220. The van der Waals surface area contributed by atoms with Gasteiger partial charge in [0.25, 0.3) is 0 Å². The largest absolute Gasteiger partial charge is 0.394 e. The molecule has 0 saturated carbocycles. The maximum Gasteiger partial charge on any atom is 0.220 e.